The van der Waals surface area contributed by atoms with E-state index in [-0.39, 0.29) is 0 Å². The van der Waals surface area contributed by atoms with E-state index in [2.05, 4.69) is 41.4 Å². The van der Waals surface area contributed by atoms with Crippen molar-refractivity contribution in [2.75, 3.05) is 18.0 Å². The average molecular weight is 284 g/mol. The Balaban J connectivity index is 1.62. The van der Waals surface area contributed by atoms with Crippen LogP contribution in [0.2, 0.25) is 0 Å². The highest BCUT2D eigenvalue weighted by Crippen LogP contribution is 2.27. The van der Waals surface area contributed by atoms with Crippen molar-refractivity contribution in [2.45, 2.75) is 38.8 Å². The number of rotatable bonds is 5. The molecule has 0 radical (unpaired) electrons. The summed E-state index contributed by atoms with van der Waals surface area (Å²) in [7, 11) is 0. The third-order valence-electron chi connectivity index (χ3n) is 4.25. The largest absolute Gasteiger partial charge is 0.468 e. The molecule has 0 amide bonds. The third-order valence-corrected chi connectivity index (χ3v) is 4.25. The van der Waals surface area contributed by atoms with Gasteiger partial charge in [-0.2, -0.15) is 0 Å². The number of nitrogens with zero attached hydrogens (tertiary/aromatic N) is 1. The van der Waals surface area contributed by atoms with E-state index in [1.54, 1.807) is 6.26 Å². The highest BCUT2D eigenvalue weighted by atomic mass is 16.3. The van der Waals surface area contributed by atoms with Crippen molar-refractivity contribution in [1.82, 2.24) is 5.32 Å². The molecular weight excluding hydrogens is 260 g/mol. The van der Waals surface area contributed by atoms with Gasteiger partial charge in [-0.3, -0.25) is 0 Å². The molecule has 1 aromatic heterocycles. The molecule has 3 heteroatoms. The highest BCUT2D eigenvalue weighted by molar-refractivity contribution is 5.55. The number of para-hydroxylation sites is 1. The molecule has 0 saturated carbocycles. The van der Waals surface area contributed by atoms with Gasteiger partial charge in [-0.1, -0.05) is 18.2 Å². The average Bonchev–Trinajstić information content (AvgIpc) is 2.92. The molecule has 112 valence electrons. The third kappa shape index (κ3) is 3.48. The number of nitrogens with one attached hydrogen (secondary N) is 1. The number of hydrogen-bond acceptors (Lipinski definition) is 3. The Bertz CT molecular complexity index is 550. The molecule has 1 aliphatic rings. The molecule has 1 aromatic carbocycles. The minimum atomic E-state index is 0.485. The number of furan rings is 1. The standard InChI is InChI=1S/C18H24N2O/c1-15(13-19-14-17-9-6-12-21-17)20-11-5-4-8-16-7-2-3-10-18(16)20/h2-3,6-7,9-10,12,15,19H,4-5,8,11,13-14H2,1H3. The summed E-state index contributed by atoms with van der Waals surface area (Å²) in [6, 6.07) is 13.3. The van der Waals surface area contributed by atoms with E-state index in [1.165, 1.54) is 30.5 Å². The van der Waals surface area contributed by atoms with E-state index in [0.717, 1.165) is 25.4 Å². The van der Waals surface area contributed by atoms with Crippen LogP contribution in [0.25, 0.3) is 0 Å². The van der Waals surface area contributed by atoms with Crippen LogP contribution in [0.1, 0.15) is 31.1 Å². The molecule has 21 heavy (non-hydrogen) atoms. The Morgan fingerprint density at radius 2 is 2.10 bits per heavy atom. The summed E-state index contributed by atoms with van der Waals surface area (Å²) in [4.78, 5) is 2.55. The molecule has 0 saturated heterocycles. The maximum Gasteiger partial charge on any atom is 0.117 e. The highest BCUT2D eigenvalue weighted by Gasteiger charge is 2.19. The van der Waals surface area contributed by atoms with E-state index in [1.807, 2.05) is 12.1 Å². The van der Waals surface area contributed by atoms with Gasteiger partial charge in [0.15, 0.2) is 0 Å². The molecule has 1 aliphatic heterocycles. The lowest BCUT2D eigenvalue weighted by atomic mass is 10.1. The predicted molar refractivity (Wildman–Crippen MR) is 86.6 cm³/mol. The van der Waals surface area contributed by atoms with Crippen LogP contribution in [0.4, 0.5) is 5.69 Å². The summed E-state index contributed by atoms with van der Waals surface area (Å²) in [5.41, 5.74) is 2.91. The van der Waals surface area contributed by atoms with Crippen molar-refractivity contribution in [2.24, 2.45) is 0 Å². The molecule has 1 N–H and O–H groups in total. The van der Waals surface area contributed by atoms with Gasteiger partial charge < -0.3 is 14.6 Å². The Hall–Kier alpha value is -1.74. The Kier molecular flexibility index (Phi) is 4.61. The van der Waals surface area contributed by atoms with Gasteiger partial charge in [0.05, 0.1) is 12.8 Å². The van der Waals surface area contributed by atoms with Crippen LogP contribution in [0.3, 0.4) is 0 Å². The first-order valence-corrected chi connectivity index (χ1v) is 7.92. The smallest absolute Gasteiger partial charge is 0.117 e. The fourth-order valence-corrected chi connectivity index (χ4v) is 3.11. The quantitative estimate of drug-likeness (QED) is 0.909. The number of aryl methyl sites for hydroxylation is 1. The van der Waals surface area contributed by atoms with Crippen molar-refractivity contribution in [3.63, 3.8) is 0 Å². The second-order valence-electron chi connectivity index (χ2n) is 5.84. The first-order chi connectivity index (χ1) is 10.3. The maximum atomic E-state index is 5.36. The molecule has 2 aromatic rings. The van der Waals surface area contributed by atoms with Crippen molar-refractivity contribution >= 4 is 5.69 Å². The lowest BCUT2D eigenvalue weighted by Crippen LogP contribution is -2.40. The fraction of sp³-hybridized carbons (Fsp3) is 0.444. The first kappa shape index (κ1) is 14.2. The summed E-state index contributed by atoms with van der Waals surface area (Å²) in [6.45, 7) is 5.22. The van der Waals surface area contributed by atoms with Crippen LogP contribution in [-0.2, 0) is 13.0 Å². The molecule has 0 bridgehead atoms. The minimum Gasteiger partial charge on any atom is -0.468 e. The van der Waals surface area contributed by atoms with E-state index in [4.69, 9.17) is 4.42 Å². The van der Waals surface area contributed by atoms with Crippen LogP contribution in [0, 0.1) is 0 Å². The summed E-state index contributed by atoms with van der Waals surface area (Å²) >= 11 is 0. The van der Waals surface area contributed by atoms with Gasteiger partial charge >= 0.3 is 0 Å². The number of fused-ring (bicyclic) bond motifs is 1. The predicted octanol–water partition coefficient (Wildman–Crippen LogP) is 3.60. The zero-order chi connectivity index (χ0) is 14.5. The molecular formula is C18H24N2O. The van der Waals surface area contributed by atoms with Gasteiger partial charge in [0, 0.05) is 24.8 Å². The second kappa shape index (κ2) is 6.81. The number of hydrogen-bond donors (Lipinski definition) is 1. The maximum absolute atomic E-state index is 5.36. The molecule has 0 spiro atoms. The van der Waals surface area contributed by atoms with E-state index < -0.39 is 0 Å². The Morgan fingerprint density at radius 1 is 1.19 bits per heavy atom. The molecule has 3 nitrogen and oxygen atoms in total. The zero-order valence-corrected chi connectivity index (χ0v) is 12.7. The van der Waals surface area contributed by atoms with Crippen molar-refractivity contribution in [3.05, 3.63) is 54.0 Å². The van der Waals surface area contributed by atoms with Crippen LogP contribution in [0.5, 0.6) is 0 Å². The van der Waals surface area contributed by atoms with Crippen LogP contribution in [-0.4, -0.2) is 19.1 Å². The number of benzene rings is 1. The topological polar surface area (TPSA) is 28.4 Å². The molecule has 2 heterocycles. The SMILES string of the molecule is CC(CNCc1ccco1)N1CCCCc2ccccc21. The van der Waals surface area contributed by atoms with E-state index in [9.17, 15) is 0 Å². The second-order valence-corrected chi connectivity index (χ2v) is 5.84. The van der Waals surface area contributed by atoms with Gasteiger partial charge in [-0.25, -0.2) is 0 Å². The lowest BCUT2D eigenvalue weighted by molar-refractivity contribution is 0.469. The van der Waals surface area contributed by atoms with E-state index in [0.29, 0.717) is 6.04 Å². The Morgan fingerprint density at radius 3 is 2.95 bits per heavy atom. The summed E-state index contributed by atoms with van der Waals surface area (Å²) < 4.78 is 5.36. The van der Waals surface area contributed by atoms with Crippen molar-refractivity contribution < 1.29 is 4.42 Å². The lowest BCUT2D eigenvalue weighted by Gasteiger charge is -2.31. The summed E-state index contributed by atoms with van der Waals surface area (Å²) in [5.74, 6) is 0.999. The molecule has 1 unspecified atom stereocenters. The monoisotopic (exact) mass is 284 g/mol. The van der Waals surface area contributed by atoms with Crippen molar-refractivity contribution in [1.29, 1.82) is 0 Å². The first-order valence-electron chi connectivity index (χ1n) is 7.92. The van der Waals surface area contributed by atoms with Crippen LogP contribution in [0.15, 0.2) is 47.1 Å². The van der Waals surface area contributed by atoms with Gasteiger partial charge in [0.1, 0.15) is 5.76 Å². The van der Waals surface area contributed by atoms with Gasteiger partial charge in [0.2, 0.25) is 0 Å². The zero-order valence-electron chi connectivity index (χ0n) is 12.7. The van der Waals surface area contributed by atoms with E-state index >= 15 is 0 Å². The molecule has 1 atom stereocenters. The van der Waals surface area contributed by atoms with Gasteiger partial charge in [-0.15, -0.1) is 0 Å². The summed E-state index contributed by atoms with van der Waals surface area (Å²) in [5, 5.41) is 3.50. The Labute approximate surface area is 127 Å². The molecule has 3 rings (SSSR count). The van der Waals surface area contributed by atoms with Gasteiger partial charge in [-0.05, 0) is 49.9 Å². The molecule has 0 aliphatic carbocycles. The number of anilines is 1. The fourth-order valence-electron chi connectivity index (χ4n) is 3.11. The summed E-state index contributed by atoms with van der Waals surface area (Å²) in [6.07, 6.45) is 5.50. The van der Waals surface area contributed by atoms with Gasteiger partial charge in [0.25, 0.3) is 0 Å². The minimum absolute atomic E-state index is 0.485. The van der Waals surface area contributed by atoms with Crippen LogP contribution >= 0.6 is 0 Å². The van der Waals surface area contributed by atoms with Crippen molar-refractivity contribution in [3.8, 4) is 0 Å². The molecule has 0 fully saturated rings. The van der Waals surface area contributed by atoms with Crippen LogP contribution < -0.4 is 10.2 Å². The normalized spacial score (nSPS) is 16.3.